The van der Waals surface area contributed by atoms with Crippen LogP contribution >= 0.6 is 0 Å². The van der Waals surface area contributed by atoms with Crippen LogP contribution in [0.4, 0.5) is 0 Å². The van der Waals surface area contributed by atoms with Crippen molar-refractivity contribution in [2.75, 3.05) is 6.54 Å². The molecule has 3 N–H and O–H groups in total. The van der Waals surface area contributed by atoms with Crippen molar-refractivity contribution in [3.8, 4) is 0 Å². The monoisotopic (exact) mass is 229 g/mol. The third-order valence-corrected chi connectivity index (χ3v) is 3.67. The van der Waals surface area contributed by atoms with Crippen LogP contribution < -0.4 is 5.32 Å². The Morgan fingerprint density at radius 1 is 1.38 bits per heavy atom. The van der Waals surface area contributed by atoms with Gasteiger partial charge < -0.3 is 15.5 Å². The maximum absolute atomic E-state index is 10.3. The summed E-state index contributed by atoms with van der Waals surface area (Å²) in [6.45, 7) is 5.06. The minimum Gasteiger partial charge on any atom is -0.481 e. The van der Waals surface area contributed by atoms with Crippen molar-refractivity contribution >= 4 is 5.97 Å². The summed E-state index contributed by atoms with van der Waals surface area (Å²) in [5.74, 6) is -0.712. The molecule has 94 valence electrons. The van der Waals surface area contributed by atoms with E-state index in [0.717, 1.165) is 32.2 Å². The zero-order valence-electron chi connectivity index (χ0n) is 10.2. The highest BCUT2D eigenvalue weighted by Crippen LogP contribution is 2.40. The summed E-state index contributed by atoms with van der Waals surface area (Å²) in [6, 6.07) is 0.405. The van der Waals surface area contributed by atoms with E-state index in [1.54, 1.807) is 0 Å². The Bertz CT molecular complexity index is 240. The molecule has 4 heteroatoms. The van der Waals surface area contributed by atoms with Gasteiger partial charge in [-0.3, -0.25) is 4.79 Å². The Hall–Kier alpha value is -0.610. The first-order valence-electron chi connectivity index (χ1n) is 6.08. The van der Waals surface area contributed by atoms with E-state index in [1.807, 2.05) is 0 Å². The fourth-order valence-corrected chi connectivity index (χ4v) is 2.10. The summed E-state index contributed by atoms with van der Waals surface area (Å²) < 4.78 is 0. The fourth-order valence-electron chi connectivity index (χ4n) is 2.10. The van der Waals surface area contributed by atoms with Crippen molar-refractivity contribution in [3.63, 3.8) is 0 Å². The maximum Gasteiger partial charge on any atom is 0.303 e. The van der Waals surface area contributed by atoms with E-state index in [1.165, 1.54) is 0 Å². The van der Waals surface area contributed by atoms with E-state index in [4.69, 9.17) is 5.11 Å². The number of aliphatic hydroxyl groups is 1. The first kappa shape index (κ1) is 13.5. The van der Waals surface area contributed by atoms with Gasteiger partial charge in [-0.15, -0.1) is 0 Å². The molecule has 0 heterocycles. The number of nitrogens with one attached hydrogen (secondary N) is 1. The SMILES string of the molecule is CC1(C)C(O)CC1NCCCCCC(=O)O. The fraction of sp³-hybridized carbons (Fsp3) is 0.917. The van der Waals surface area contributed by atoms with Gasteiger partial charge >= 0.3 is 5.97 Å². The van der Waals surface area contributed by atoms with Crippen LogP contribution in [0.25, 0.3) is 0 Å². The second-order valence-electron chi connectivity index (χ2n) is 5.28. The number of hydrogen-bond acceptors (Lipinski definition) is 3. The van der Waals surface area contributed by atoms with Gasteiger partial charge in [-0.05, 0) is 25.8 Å². The molecular weight excluding hydrogens is 206 g/mol. The predicted molar refractivity (Wildman–Crippen MR) is 62.3 cm³/mol. The van der Waals surface area contributed by atoms with Gasteiger partial charge in [0.2, 0.25) is 0 Å². The van der Waals surface area contributed by atoms with Crippen molar-refractivity contribution in [2.24, 2.45) is 5.41 Å². The van der Waals surface area contributed by atoms with Crippen LogP contribution in [0.15, 0.2) is 0 Å². The Labute approximate surface area is 97.0 Å². The smallest absolute Gasteiger partial charge is 0.303 e. The second kappa shape index (κ2) is 5.64. The number of aliphatic hydroxyl groups excluding tert-OH is 1. The molecule has 1 saturated carbocycles. The highest BCUT2D eigenvalue weighted by Gasteiger charge is 2.46. The highest BCUT2D eigenvalue weighted by molar-refractivity contribution is 5.66. The number of carboxylic acids is 1. The summed E-state index contributed by atoms with van der Waals surface area (Å²) in [6.07, 6.45) is 3.64. The van der Waals surface area contributed by atoms with Gasteiger partial charge in [0, 0.05) is 17.9 Å². The number of hydrogen-bond donors (Lipinski definition) is 3. The molecule has 0 amide bonds. The zero-order valence-corrected chi connectivity index (χ0v) is 10.2. The standard InChI is InChI=1S/C12H23NO3/c1-12(2)9(8-10(12)14)13-7-5-3-4-6-11(15)16/h9-10,13-14H,3-8H2,1-2H3,(H,15,16). The topological polar surface area (TPSA) is 69.6 Å². The van der Waals surface area contributed by atoms with Crippen molar-refractivity contribution in [1.29, 1.82) is 0 Å². The molecule has 0 aromatic heterocycles. The molecule has 0 spiro atoms. The minimum atomic E-state index is -0.712. The lowest BCUT2D eigenvalue weighted by Crippen LogP contribution is -2.60. The quantitative estimate of drug-likeness (QED) is 0.577. The molecule has 0 bridgehead atoms. The van der Waals surface area contributed by atoms with Gasteiger partial charge in [0.15, 0.2) is 0 Å². The number of aliphatic carboxylic acids is 1. The molecule has 0 aromatic carbocycles. The molecule has 1 rings (SSSR count). The lowest BCUT2D eigenvalue weighted by atomic mass is 9.64. The lowest BCUT2D eigenvalue weighted by Gasteiger charge is -2.49. The van der Waals surface area contributed by atoms with Crippen LogP contribution in [0.3, 0.4) is 0 Å². The Balaban J connectivity index is 1.98. The summed E-state index contributed by atoms with van der Waals surface area (Å²) in [4.78, 5) is 10.3. The summed E-state index contributed by atoms with van der Waals surface area (Å²) in [5, 5.41) is 21.4. The Kier molecular flexibility index (Phi) is 4.74. The predicted octanol–water partition coefficient (Wildman–Crippen LogP) is 1.38. The van der Waals surface area contributed by atoms with Crippen molar-refractivity contribution in [3.05, 3.63) is 0 Å². The third-order valence-electron chi connectivity index (χ3n) is 3.67. The lowest BCUT2D eigenvalue weighted by molar-refractivity contribution is -0.137. The van der Waals surface area contributed by atoms with E-state index in [0.29, 0.717) is 6.04 Å². The van der Waals surface area contributed by atoms with Crippen LogP contribution in [0.1, 0.15) is 46.0 Å². The van der Waals surface area contributed by atoms with Gasteiger partial charge in [0.25, 0.3) is 0 Å². The van der Waals surface area contributed by atoms with E-state index in [9.17, 15) is 9.90 Å². The van der Waals surface area contributed by atoms with E-state index < -0.39 is 5.97 Å². The van der Waals surface area contributed by atoms with E-state index >= 15 is 0 Å². The molecule has 2 unspecified atom stereocenters. The first-order valence-corrected chi connectivity index (χ1v) is 6.08. The highest BCUT2D eigenvalue weighted by atomic mass is 16.4. The maximum atomic E-state index is 10.3. The van der Waals surface area contributed by atoms with Gasteiger partial charge in [-0.25, -0.2) is 0 Å². The molecule has 0 saturated heterocycles. The summed E-state index contributed by atoms with van der Waals surface area (Å²) in [5.41, 5.74) is -0.0128. The van der Waals surface area contributed by atoms with Crippen LogP contribution in [-0.2, 0) is 4.79 Å². The van der Waals surface area contributed by atoms with E-state index in [2.05, 4.69) is 19.2 Å². The number of unbranched alkanes of at least 4 members (excludes halogenated alkanes) is 2. The first-order chi connectivity index (χ1) is 7.44. The largest absolute Gasteiger partial charge is 0.481 e. The van der Waals surface area contributed by atoms with Crippen molar-refractivity contribution in [1.82, 2.24) is 5.32 Å². The van der Waals surface area contributed by atoms with Crippen LogP contribution in [0.2, 0.25) is 0 Å². The molecule has 2 atom stereocenters. The minimum absolute atomic E-state index is 0.0128. The second-order valence-corrected chi connectivity index (χ2v) is 5.28. The van der Waals surface area contributed by atoms with Crippen LogP contribution in [-0.4, -0.2) is 34.9 Å². The number of carbonyl (C=O) groups is 1. The van der Waals surface area contributed by atoms with Gasteiger partial charge in [0.1, 0.15) is 0 Å². The molecule has 0 radical (unpaired) electrons. The van der Waals surface area contributed by atoms with Crippen LogP contribution in [0, 0.1) is 5.41 Å². The molecule has 1 fully saturated rings. The summed E-state index contributed by atoms with van der Waals surface area (Å²) in [7, 11) is 0. The molecule has 0 aliphatic heterocycles. The van der Waals surface area contributed by atoms with Gasteiger partial charge in [-0.2, -0.15) is 0 Å². The van der Waals surface area contributed by atoms with Gasteiger partial charge in [0.05, 0.1) is 6.10 Å². The van der Waals surface area contributed by atoms with E-state index in [-0.39, 0.29) is 17.9 Å². The molecule has 1 aliphatic rings. The zero-order chi connectivity index (χ0) is 12.2. The Morgan fingerprint density at radius 2 is 2.06 bits per heavy atom. The number of rotatable bonds is 7. The average molecular weight is 229 g/mol. The van der Waals surface area contributed by atoms with Crippen molar-refractivity contribution in [2.45, 2.75) is 58.1 Å². The average Bonchev–Trinajstić information content (AvgIpc) is 2.21. The van der Waals surface area contributed by atoms with Gasteiger partial charge in [-0.1, -0.05) is 20.3 Å². The molecule has 4 nitrogen and oxygen atoms in total. The van der Waals surface area contributed by atoms with Crippen LogP contribution in [0.5, 0.6) is 0 Å². The molecular formula is C12H23NO3. The normalized spacial score (nSPS) is 27.4. The molecule has 16 heavy (non-hydrogen) atoms. The molecule has 0 aromatic rings. The molecule has 1 aliphatic carbocycles. The third kappa shape index (κ3) is 3.46. The summed E-state index contributed by atoms with van der Waals surface area (Å²) >= 11 is 0. The number of carboxylic acid groups (broad SMARTS) is 1. The van der Waals surface area contributed by atoms with Crippen molar-refractivity contribution < 1.29 is 15.0 Å². The Morgan fingerprint density at radius 3 is 2.56 bits per heavy atom.